The molecule has 0 aromatic heterocycles. The van der Waals surface area contributed by atoms with E-state index in [1.807, 2.05) is 27.7 Å². The number of carbonyl (C=O) groups is 1. The summed E-state index contributed by atoms with van der Waals surface area (Å²) < 4.78 is 37.0. The molecular weight excluding hydrogens is 350 g/mol. The fourth-order valence-corrected chi connectivity index (χ4v) is 2.61. The third-order valence-corrected chi connectivity index (χ3v) is 4.01. The molecule has 2 unspecified atom stereocenters. The van der Waals surface area contributed by atoms with Crippen molar-refractivity contribution in [1.29, 1.82) is 0 Å². The highest BCUT2D eigenvalue weighted by atomic mass is 19.3. The largest absolute Gasteiger partial charge is 0.388 e. The zero-order valence-corrected chi connectivity index (χ0v) is 16.8. The molecule has 6 atom stereocenters. The van der Waals surface area contributed by atoms with Gasteiger partial charge in [-0.2, -0.15) is 0 Å². The topological polar surface area (TPSA) is 114 Å². The summed E-state index contributed by atoms with van der Waals surface area (Å²) in [6.45, 7) is 9.16. The Morgan fingerprint density at radius 2 is 1.69 bits per heavy atom. The van der Waals surface area contributed by atoms with Gasteiger partial charge in [0.25, 0.3) is 11.8 Å². The summed E-state index contributed by atoms with van der Waals surface area (Å²) in [5.41, 5.74) is 5.89. The summed E-state index contributed by atoms with van der Waals surface area (Å²) >= 11 is 0. The summed E-state index contributed by atoms with van der Waals surface area (Å²) in [7, 11) is 2.75. The predicted octanol–water partition coefficient (Wildman–Crippen LogP) is 1.05. The van der Waals surface area contributed by atoms with Gasteiger partial charge in [-0.1, -0.05) is 34.6 Å². The first-order valence-electron chi connectivity index (χ1n) is 9.05. The lowest BCUT2D eigenvalue weighted by Gasteiger charge is -2.42. The van der Waals surface area contributed by atoms with Crippen molar-refractivity contribution in [1.82, 2.24) is 5.32 Å². The fourth-order valence-electron chi connectivity index (χ4n) is 2.61. The monoisotopic (exact) mass is 386 g/mol. The van der Waals surface area contributed by atoms with E-state index in [-0.39, 0.29) is 6.42 Å². The molecule has 0 saturated heterocycles. The number of hydrogen-bond acceptors (Lipinski definition) is 6. The van der Waals surface area contributed by atoms with E-state index in [9.17, 15) is 23.8 Å². The summed E-state index contributed by atoms with van der Waals surface area (Å²) in [4.78, 5) is 11.7. The van der Waals surface area contributed by atoms with Gasteiger partial charge in [0.15, 0.2) is 6.10 Å². The van der Waals surface area contributed by atoms with Crippen LogP contribution in [-0.2, 0) is 14.3 Å². The summed E-state index contributed by atoms with van der Waals surface area (Å²) in [5, 5.41) is 21.8. The van der Waals surface area contributed by atoms with Gasteiger partial charge >= 0.3 is 0 Å². The van der Waals surface area contributed by atoms with E-state index >= 15 is 0 Å². The van der Waals surface area contributed by atoms with Crippen LogP contribution in [0.5, 0.6) is 0 Å². The summed E-state index contributed by atoms with van der Waals surface area (Å²) in [6.07, 6.45) is -5.66. The first-order valence-corrected chi connectivity index (χ1v) is 9.05. The van der Waals surface area contributed by atoms with Crippen LogP contribution >= 0.6 is 0 Å². The van der Waals surface area contributed by atoms with E-state index in [4.69, 9.17) is 15.2 Å². The number of nitrogens with one attached hydrogen (secondary N) is 1. The third kappa shape index (κ3) is 7.03. The van der Waals surface area contributed by atoms with Crippen molar-refractivity contribution in [3.8, 4) is 0 Å². The van der Waals surface area contributed by atoms with E-state index in [1.165, 1.54) is 14.2 Å². The number of amides is 1. The summed E-state index contributed by atoms with van der Waals surface area (Å²) in [6, 6.07) is -1.48. The molecule has 0 radical (unpaired) electrons. The van der Waals surface area contributed by atoms with Crippen molar-refractivity contribution in [3.05, 3.63) is 0 Å². The molecule has 0 spiro atoms. The fraction of sp³-hybridized carbons (Fsp3) is 0.941. The minimum atomic E-state index is -3.54. The van der Waals surface area contributed by atoms with Gasteiger partial charge in [0.2, 0.25) is 0 Å². The van der Waals surface area contributed by atoms with Gasteiger partial charge in [0, 0.05) is 26.7 Å². The number of halogens is 2. The Kier molecular flexibility index (Phi) is 14.0. The van der Waals surface area contributed by atoms with E-state index in [2.05, 4.69) is 5.32 Å². The normalized spacial score (nSPS) is 29.5. The molecule has 1 fully saturated rings. The smallest absolute Gasteiger partial charge is 0.282 e. The SMILES string of the molecule is CC.CC.CCC(F)(F)C(O)C(=O)N[C@@H]1C[C@H](N)[C@@H](OC)[C@H](OC)C1O. The molecule has 1 amide bonds. The first-order chi connectivity index (χ1) is 12.2. The van der Waals surface area contributed by atoms with Gasteiger partial charge in [0.05, 0.1) is 6.04 Å². The second-order valence-corrected chi connectivity index (χ2v) is 5.42. The lowest BCUT2D eigenvalue weighted by molar-refractivity contribution is -0.162. The molecular formula is C17H36F2N2O5. The Balaban J connectivity index is 0. The van der Waals surface area contributed by atoms with E-state index in [0.29, 0.717) is 0 Å². The second kappa shape index (κ2) is 13.3. The maximum Gasteiger partial charge on any atom is 0.282 e. The molecule has 0 aromatic carbocycles. The maximum absolute atomic E-state index is 13.3. The zero-order valence-electron chi connectivity index (χ0n) is 16.8. The number of alkyl halides is 2. The Labute approximate surface area is 155 Å². The van der Waals surface area contributed by atoms with Gasteiger partial charge in [-0.15, -0.1) is 0 Å². The van der Waals surface area contributed by atoms with Gasteiger partial charge in [0.1, 0.15) is 18.3 Å². The summed E-state index contributed by atoms with van der Waals surface area (Å²) in [5.74, 6) is -4.80. The van der Waals surface area contributed by atoms with Crippen molar-refractivity contribution in [2.75, 3.05) is 14.2 Å². The molecule has 0 aliphatic heterocycles. The standard InChI is InChI=1S/C13H24F2N2O5.2C2H6/c1-4-13(14,15)11(19)12(20)17-7-5-6(16)9(21-2)10(22-3)8(7)18;2*1-2/h6-11,18-19H,4-5,16H2,1-3H3,(H,17,20);2*1-2H3/t6-,7+,8?,9+,10+,11?;;/m0../s1. The Morgan fingerprint density at radius 1 is 1.23 bits per heavy atom. The second-order valence-electron chi connectivity index (χ2n) is 5.42. The average molecular weight is 386 g/mol. The number of ether oxygens (including phenoxy) is 2. The number of aliphatic hydroxyl groups is 2. The van der Waals surface area contributed by atoms with Crippen LogP contribution in [0, 0.1) is 0 Å². The van der Waals surface area contributed by atoms with Crippen LogP contribution < -0.4 is 11.1 Å². The highest BCUT2D eigenvalue weighted by Crippen LogP contribution is 2.26. The Morgan fingerprint density at radius 3 is 2.08 bits per heavy atom. The molecule has 5 N–H and O–H groups in total. The van der Waals surface area contributed by atoms with E-state index in [0.717, 1.165) is 6.92 Å². The molecule has 9 heteroatoms. The minimum Gasteiger partial charge on any atom is -0.388 e. The molecule has 26 heavy (non-hydrogen) atoms. The Bertz CT molecular complexity index is 388. The van der Waals surface area contributed by atoms with Gasteiger partial charge in [-0.05, 0) is 6.42 Å². The van der Waals surface area contributed by atoms with Crippen molar-refractivity contribution in [3.63, 3.8) is 0 Å². The van der Waals surface area contributed by atoms with E-state index in [1.54, 1.807) is 0 Å². The first kappa shape index (κ1) is 27.3. The molecule has 1 saturated carbocycles. The van der Waals surface area contributed by atoms with Crippen molar-refractivity contribution >= 4 is 5.91 Å². The number of rotatable bonds is 6. The quantitative estimate of drug-likeness (QED) is 0.543. The van der Waals surface area contributed by atoms with Crippen LogP contribution in [0.25, 0.3) is 0 Å². The molecule has 1 aliphatic rings. The highest BCUT2D eigenvalue weighted by Gasteiger charge is 2.47. The minimum absolute atomic E-state index is 0.107. The third-order valence-electron chi connectivity index (χ3n) is 4.01. The van der Waals surface area contributed by atoms with Crippen molar-refractivity contribution in [2.45, 2.75) is 89.9 Å². The number of carbonyl (C=O) groups excluding carboxylic acids is 1. The predicted molar refractivity (Wildman–Crippen MR) is 96.1 cm³/mol. The van der Waals surface area contributed by atoms with Crippen LogP contribution in [0.1, 0.15) is 47.5 Å². The molecule has 0 aromatic rings. The van der Waals surface area contributed by atoms with Gasteiger partial charge in [-0.3, -0.25) is 4.79 Å². The maximum atomic E-state index is 13.3. The molecule has 1 rings (SSSR count). The number of nitrogens with two attached hydrogens (primary N) is 1. The number of aliphatic hydroxyl groups excluding tert-OH is 2. The van der Waals surface area contributed by atoms with Crippen molar-refractivity contribution in [2.24, 2.45) is 5.73 Å². The van der Waals surface area contributed by atoms with Crippen LogP contribution in [-0.4, -0.2) is 72.8 Å². The van der Waals surface area contributed by atoms with Crippen LogP contribution in [0.2, 0.25) is 0 Å². The molecule has 0 heterocycles. The van der Waals surface area contributed by atoms with Crippen LogP contribution in [0.3, 0.4) is 0 Å². The lowest BCUT2D eigenvalue weighted by atomic mass is 9.84. The molecule has 7 nitrogen and oxygen atoms in total. The van der Waals surface area contributed by atoms with E-state index < -0.39 is 54.8 Å². The van der Waals surface area contributed by atoms with Crippen LogP contribution in [0.4, 0.5) is 8.78 Å². The molecule has 0 bridgehead atoms. The lowest BCUT2D eigenvalue weighted by Crippen LogP contribution is -2.65. The van der Waals surface area contributed by atoms with Crippen molar-refractivity contribution < 1.29 is 33.3 Å². The van der Waals surface area contributed by atoms with Gasteiger partial charge < -0.3 is 30.7 Å². The number of methoxy groups -OCH3 is 2. The molecule has 158 valence electrons. The molecule has 1 aliphatic carbocycles. The Hall–Kier alpha value is -0.870. The number of hydrogen-bond donors (Lipinski definition) is 4. The van der Waals surface area contributed by atoms with Crippen LogP contribution in [0.15, 0.2) is 0 Å². The zero-order chi connectivity index (χ0) is 21.1. The highest BCUT2D eigenvalue weighted by molar-refractivity contribution is 5.82. The van der Waals surface area contributed by atoms with Gasteiger partial charge in [-0.25, -0.2) is 8.78 Å². The average Bonchev–Trinajstić information content (AvgIpc) is 2.66.